The topological polar surface area (TPSA) is 75.4 Å². The van der Waals surface area contributed by atoms with Crippen LogP contribution in [-0.2, 0) is 4.79 Å². The molecule has 2 saturated carbocycles. The summed E-state index contributed by atoms with van der Waals surface area (Å²) in [6.45, 7) is 1.74. The first kappa shape index (κ1) is 13.8. The van der Waals surface area contributed by atoms with Gasteiger partial charge in [0.05, 0.1) is 0 Å². The van der Waals surface area contributed by atoms with Crippen LogP contribution in [0.2, 0.25) is 0 Å². The third-order valence-electron chi connectivity index (χ3n) is 4.79. The zero-order valence-electron chi connectivity index (χ0n) is 11.2. The van der Waals surface area contributed by atoms with Gasteiger partial charge in [0.1, 0.15) is 0 Å². The molecule has 4 nitrogen and oxygen atoms in total. The van der Waals surface area contributed by atoms with Crippen molar-refractivity contribution in [2.75, 3.05) is 19.7 Å². The summed E-state index contributed by atoms with van der Waals surface area (Å²) >= 11 is 0. The van der Waals surface area contributed by atoms with Gasteiger partial charge in [0.25, 0.3) is 0 Å². The van der Waals surface area contributed by atoms with E-state index in [-0.39, 0.29) is 23.8 Å². The lowest BCUT2D eigenvalue weighted by Gasteiger charge is -2.27. The molecule has 0 aromatic carbocycles. The molecule has 1 amide bonds. The molecule has 0 aromatic heterocycles. The van der Waals surface area contributed by atoms with Crippen molar-refractivity contribution < 1.29 is 9.90 Å². The molecule has 4 heteroatoms. The summed E-state index contributed by atoms with van der Waals surface area (Å²) in [5.74, 6) is 1.03. The van der Waals surface area contributed by atoms with E-state index in [0.29, 0.717) is 5.92 Å². The van der Waals surface area contributed by atoms with Crippen molar-refractivity contribution in [1.29, 1.82) is 0 Å². The van der Waals surface area contributed by atoms with Crippen LogP contribution in [0.3, 0.4) is 0 Å². The molecule has 2 rings (SSSR count). The van der Waals surface area contributed by atoms with Crippen molar-refractivity contribution >= 4 is 5.91 Å². The fourth-order valence-corrected chi connectivity index (χ4v) is 3.01. The number of rotatable bonds is 6. The van der Waals surface area contributed by atoms with Crippen LogP contribution in [0.5, 0.6) is 0 Å². The first-order valence-electron chi connectivity index (χ1n) is 7.28. The summed E-state index contributed by atoms with van der Waals surface area (Å²) in [6.07, 6.45) is 7.28. The minimum atomic E-state index is 0.192. The number of carbonyl (C=O) groups excluding carboxylic acids is 1. The molecule has 0 saturated heterocycles. The molecule has 0 bridgehead atoms. The lowest BCUT2D eigenvalue weighted by atomic mass is 9.81. The molecule has 0 aliphatic heterocycles. The number of carbonyl (C=O) groups is 1. The Balaban J connectivity index is 1.69. The first-order valence-corrected chi connectivity index (χ1v) is 7.28. The molecular formula is C14H26N2O2. The predicted molar refractivity (Wildman–Crippen MR) is 70.9 cm³/mol. The number of aliphatic hydroxyl groups is 1. The number of aliphatic hydroxyl groups excluding tert-OH is 1. The predicted octanol–water partition coefficient (Wildman–Crippen LogP) is 1.03. The normalized spacial score (nSPS) is 29.9. The zero-order chi connectivity index (χ0) is 13.0. The van der Waals surface area contributed by atoms with Crippen LogP contribution in [-0.4, -0.2) is 30.7 Å². The number of hydrogen-bond acceptors (Lipinski definition) is 3. The maximum Gasteiger partial charge on any atom is 0.223 e. The molecule has 104 valence electrons. The summed E-state index contributed by atoms with van der Waals surface area (Å²) < 4.78 is 0. The van der Waals surface area contributed by atoms with Crippen molar-refractivity contribution in [3.05, 3.63) is 0 Å². The Kier molecular flexibility index (Phi) is 4.62. The maximum atomic E-state index is 12.1. The van der Waals surface area contributed by atoms with E-state index in [1.807, 2.05) is 0 Å². The molecular weight excluding hydrogens is 228 g/mol. The highest BCUT2D eigenvalue weighted by molar-refractivity contribution is 5.78. The van der Waals surface area contributed by atoms with E-state index in [0.717, 1.165) is 58.0 Å². The Hall–Kier alpha value is -0.610. The maximum absolute atomic E-state index is 12.1. The van der Waals surface area contributed by atoms with Gasteiger partial charge in [-0.05, 0) is 62.8 Å². The summed E-state index contributed by atoms with van der Waals surface area (Å²) in [6, 6.07) is 0. The van der Waals surface area contributed by atoms with Crippen molar-refractivity contribution in [3.8, 4) is 0 Å². The number of hydrogen-bond donors (Lipinski definition) is 3. The van der Waals surface area contributed by atoms with Gasteiger partial charge < -0.3 is 16.2 Å². The van der Waals surface area contributed by atoms with E-state index in [4.69, 9.17) is 10.8 Å². The summed E-state index contributed by atoms with van der Waals surface area (Å²) in [5.41, 5.74) is 5.88. The number of nitrogens with one attached hydrogen (secondary N) is 1. The lowest BCUT2D eigenvalue weighted by Crippen LogP contribution is -2.37. The Morgan fingerprint density at radius 2 is 1.94 bits per heavy atom. The Morgan fingerprint density at radius 1 is 1.28 bits per heavy atom. The Morgan fingerprint density at radius 3 is 2.44 bits per heavy atom. The van der Waals surface area contributed by atoms with Crippen LogP contribution in [0.15, 0.2) is 0 Å². The van der Waals surface area contributed by atoms with E-state index in [1.165, 1.54) is 0 Å². The van der Waals surface area contributed by atoms with E-state index in [9.17, 15) is 4.79 Å². The van der Waals surface area contributed by atoms with Gasteiger partial charge in [-0.15, -0.1) is 0 Å². The fraction of sp³-hybridized carbons (Fsp3) is 0.929. The fourth-order valence-electron chi connectivity index (χ4n) is 3.01. The lowest BCUT2D eigenvalue weighted by molar-refractivity contribution is -0.126. The van der Waals surface area contributed by atoms with Crippen molar-refractivity contribution in [2.24, 2.45) is 23.0 Å². The van der Waals surface area contributed by atoms with Gasteiger partial charge in [0, 0.05) is 19.1 Å². The summed E-state index contributed by atoms with van der Waals surface area (Å²) in [5, 5.41) is 12.1. The summed E-state index contributed by atoms with van der Waals surface area (Å²) in [7, 11) is 0. The third-order valence-corrected chi connectivity index (χ3v) is 4.79. The van der Waals surface area contributed by atoms with Gasteiger partial charge in [-0.2, -0.15) is 0 Å². The average Bonchev–Trinajstić information content (AvgIpc) is 3.17. The quantitative estimate of drug-likeness (QED) is 0.662. The highest BCUT2D eigenvalue weighted by Crippen LogP contribution is 2.48. The minimum absolute atomic E-state index is 0.192. The number of nitrogens with two attached hydrogens (primary N) is 1. The van der Waals surface area contributed by atoms with Crippen molar-refractivity contribution in [2.45, 2.75) is 44.9 Å². The molecule has 0 aromatic rings. The van der Waals surface area contributed by atoms with Crippen LogP contribution in [0.1, 0.15) is 44.9 Å². The molecule has 2 aliphatic carbocycles. The van der Waals surface area contributed by atoms with Crippen LogP contribution in [0.25, 0.3) is 0 Å². The van der Waals surface area contributed by atoms with Crippen LogP contribution >= 0.6 is 0 Å². The molecule has 0 spiro atoms. The van der Waals surface area contributed by atoms with Gasteiger partial charge in [0.2, 0.25) is 5.91 Å². The second-order valence-corrected chi connectivity index (χ2v) is 6.14. The van der Waals surface area contributed by atoms with Crippen molar-refractivity contribution in [1.82, 2.24) is 5.32 Å². The second kappa shape index (κ2) is 6.02. The standard InChI is InChI=1S/C14H26N2O2/c15-9-11-1-3-12(4-2-11)13(18)16-10-14(5-6-14)7-8-17/h11-12,17H,1-10,15H2,(H,16,18). The Labute approximate surface area is 109 Å². The molecule has 2 aliphatic rings. The van der Waals surface area contributed by atoms with Gasteiger partial charge in [-0.1, -0.05) is 0 Å². The highest BCUT2D eigenvalue weighted by atomic mass is 16.3. The smallest absolute Gasteiger partial charge is 0.223 e. The number of amides is 1. The highest BCUT2D eigenvalue weighted by Gasteiger charge is 2.42. The average molecular weight is 254 g/mol. The molecule has 0 unspecified atom stereocenters. The van der Waals surface area contributed by atoms with E-state index in [1.54, 1.807) is 0 Å². The molecule has 18 heavy (non-hydrogen) atoms. The second-order valence-electron chi connectivity index (χ2n) is 6.14. The van der Waals surface area contributed by atoms with Crippen LogP contribution < -0.4 is 11.1 Å². The van der Waals surface area contributed by atoms with E-state index < -0.39 is 0 Å². The molecule has 2 fully saturated rings. The molecule has 0 atom stereocenters. The van der Waals surface area contributed by atoms with Gasteiger partial charge >= 0.3 is 0 Å². The SMILES string of the molecule is NCC1CCC(C(=O)NCC2(CCO)CC2)CC1. The van der Waals surface area contributed by atoms with Crippen molar-refractivity contribution in [3.63, 3.8) is 0 Å². The molecule has 4 N–H and O–H groups in total. The third kappa shape index (κ3) is 3.45. The van der Waals surface area contributed by atoms with Crippen LogP contribution in [0.4, 0.5) is 0 Å². The Bertz CT molecular complexity index is 282. The van der Waals surface area contributed by atoms with Gasteiger partial charge in [0.15, 0.2) is 0 Å². The first-order chi connectivity index (χ1) is 8.69. The molecule has 0 radical (unpaired) electrons. The summed E-state index contributed by atoms with van der Waals surface area (Å²) in [4.78, 5) is 12.1. The van der Waals surface area contributed by atoms with Gasteiger partial charge in [-0.25, -0.2) is 0 Å². The molecule has 0 heterocycles. The minimum Gasteiger partial charge on any atom is -0.396 e. The largest absolute Gasteiger partial charge is 0.396 e. The van der Waals surface area contributed by atoms with Gasteiger partial charge in [-0.3, -0.25) is 4.79 Å². The zero-order valence-corrected chi connectivity index (χ0v) is 11.2. The van der Waals surface area contributed by atoms with E-state index >= 15 is 0 Å². The monoisotopic (exact) mass is 254 g/mol. The van der Waals surface area contributed by atoms with Crippen LogP contribution in [0, 0.1) is 17.3 Å². The van der Waals surface area contributed by atoms with E-state index in [2.05, 4.69) is 5.32 Å².